The van der Waals surface area contributed by atoms with Gasteiger partial charge in [-0.25, -0.2) is 0 Å². The van der Waals surface area contributed by atoms with Gasteiger partial charge < -0.3 is 10.2 Å². The third kappa shape index (κ3) is 3.53. The maximum atomic E-state index is 12.6. The summed E-state index contributed by atoms with van der Waals surface area (Å²) in [6.07, 6.45) is 6.19. The van der Waals surface area contributed by atoms with Gasteiger partial charge in [-0.1, -0.05) is 33.6 Å². The molecule has 0 aromatic carbocycles. The van der Waals surface area contributed by atoms with Gasteiger partial charge in [0.15, 0.2) is 0 Å². The van der Waals surface area contributed by atoms with Gasteiger partial charge in [0.1, 0.15) is 12.1 Å². The van der Waals surface area contributed by atoms with Gasteiger partial charge in [-0.15, -0.1) is 0 Å². The van der Waals surface area contributed by atoms with Crippen LogP contribution in [0, 0.1) is 11.8 Å². The summed E-state index contributed by atoms with van der Waals surface area (Å²) in [5.74, 6) is 1.30. The number of piperazine rings is 1. The molecule has 0 bridgehead atoms. The second kappa shape index (κ2) is 6.59. The number of unbranched alkanes of at least 4 members (excludes halogenated alkanes) is 1. The normalized spacial score (nSPS) is 27.1. The second-order valence-electron chi connectivity index (χ2n) is 6.67. The maximum absolute atomic E-state index is 12.6. The first-order chi connectivity index (χ1) is 9.54. The average Bonchev–Trinajstić information content (AvgIpc) is 3.22. The number of nitrogens with zero attached hydrogens (tertiary/aromatic N) is 1. The Morgan fingerprint density at radius 3 is 2.50 bits per heavy atom. The zero-order valence-electron chi connectivity index (χ0n) is 13.0. The van der Waals surface area contributed by atoms with E-state index in [0.717, 1.165) is 32.2 Å². The van der Waals surface area contributed by atoms with Crippen molar-refractivity contribution in [2.75, 3.05) is 6.54 Å². The summed E-state index contributed by atoms with van der Waals surface area (Å²) in [6.45, 7) is 7.16. The number of hydrogen-bond acceptors (Lipinski definition) is 2. The lowest BCUT2D eigenvalue weighted by atomic mass is 10.0. The zero-order chi connectivity index (χ0) is 14.7. The lowest BCUT2D eigenvalue weighted by Crippen LogP contribution is -2.63. The Labute approximate surface area is 122 Å². The molecule has 4 heteroatoms. The molecule has 2 aliphatic rings. The number of carbonyl (C=O) groups is 2. The molecule has 2 amide bonds. The van der Waals surface area contributed by atoms with Crippen molar-refractivity contribution in [1.82, 2.24) is 10.2 Å². The van der Waals surface area contributed by atoms with Crippen LogP contribution in [0.1, 0.15) is 59.3 Å². The summed E-state index contributed by atoms with van der Waals surface area (Å²) in [5.41, 5.74) is 0. The smallest absolute Gasteiger partial charge is 0.246 e. The predicted molar refractivity (Wildman–Crippen MR) is 79.1 cm³/mol. The molecule has 0 radical (unpaired) electrons. The molecule has 0 aromatic rings. The van der Waals surface area contributed by atoms with E-state index in [1.54, 1.807) is 0 Å². The van der Waals surface area contributed by atoms with Crippen LogP contribution in [-0.2, 0) is 9.59 Å². The molecule has 1 saturated heterocycles. The summed E-state index contributed by atoms with van der Waals surface area (Å²) < 4.78 is 0. The highest BCUT2D eigenvalue weighted by Gasteiger charge is 2.45. The molecule has 1 saturated carbocycles. The Hall–Kier alpha value is -1.06. The Morgan fingerprint density at radius 1 is 1.25 bits per heavy atom. The molecular weight excluding hydrogens is 252 g/mol. The molecule has 1 aliphatic heterocycles. The van der Waals surface area contributed by atoms with E-state index < -0.39 is 0 Å². The maximum Gasteiger partial charge on any atom is 0.246 e. The molecule has 2 unspecified atom stereocenters. The van der Waals surface area contributed by atoms with Crippen LogP contribution in [0.15, 0.2) is 0 Å². The standard InChI is InChI=1S/C16H28N2O2/c1-4-13-15(19)17-14(12-8-9-12)16(20)18(13)10-6-5-7-11(2)3/h11-14H,4-10H2,1-3H3,(H,17,19). The summed E-state index contributed by atoms with van der Waals surface area (Å²) in [7, 11) is 0. The zero-order valence-corrected chi connectivity index (χ0v) is 13.0. The molecule has 114 valence electrons. The minimum atomic E-state index is -0.253. The molecule has 1 aliphatic carbocycles. The predicted octanol–water partition coefficient (Wildman–Crippen LogP) is 2.33. The molecular formula is C16H28N2O2. The number of rotatable bonds is 7. The Kier molecular flexibility index (Phi) is 5.06. The lowest BCUT2D eigenvalue weighted by molar-refractivity contribution is -0.150. The molecule has 0 spiro atoms. The summed E-state index contributed by atoms with van der Waals surface area (Å²) in [5, 5.41) is 2.94. The fourth-order valence-electron chi connectivity index (χ4n) is 3.04. The quantitative estimate of drug-likeness (QED) is 0.728. The summed E-state index contributed by atoms with van der Waals surface area (Å²) >= 11 is 0. The van der Waals surface area contributed by atoms with Gasteiger partial charge in [-0.05, 0) is 37.5 Å². The van der Waals surface area contributed by atoms with Gasteiger partial charge in [-0.3, -0.25) is 9.59 Å². The largest absolute Gasteiger partial charge is 0.342 e. The highest BCUT2D eigenvalue weighted by atomic mass is 16.2. The molecule has 1 heterocycles. The van der Waals surface area contributed by atoms with Crippen LogP contribution < -0.4 is 5.32 Å². The molecule has 4 nitrogen and oxygen atoms in total. The lowest BCUT2D eigenvalue weighted by Gasteiger charge is -2.39. The van der Waals surface area contributed by atoms with Crippen molar-refractivity contribution in [2.45, 2.75) is 71.4 Å². The van der Waals surface area contributed by atoms with E-state index in [9.17, 15) is 9.59 Å². The summed E-state index contributed by atoms with van der Waals surface area (Å²) in [6, 6.07) is -0.494. The third-order valence-corrected chi connectivity index (χ3v) is 4.44. The third-order valence-electron chi connectivity index (χ3n) is 4.44. The van der Waals surface area contributed by atoms with Crippen molar-refractivity contribution < 1.29 is 9.59 Å². The minimum Gasteiger partial charge on any atom is -0.342 e. The fraction of sp³-hybridized carbons (Fsp3) is 0.875. The van der Waals surface area contributed by atoms with Crippen molar-refractivity contribution in [3.63, 3.8) is 0 Å². The minimum absolute atomic E-state index is 0.0489. The first-order valence-electron chi connectivity index (χ1n) is 8.15. The van der Waals surface area contributed by atoms with Gasteiger partial charge in [-0.2, -0.15) is 0 Å². The second-order valence-corrected chi connectivity index (χ2v) is 6.67. The van der Waals surface area contributed by atoms with Gasteiger partial charge in [0.25, 0.3) is 0 Å². The van der Waals surface area contributed by atoms with Gasteiger partial charge in [0.05, 0.1) is 0 Å². The van der Waals surface area contributed by atoms with Gasteiger partial charge >= 0.3 is 0 Å². The van der Waals surface area contributed by atoms with E-state index >= 15 is 0 Å². The van der Waals surface area contributed by atoms with Crippen LogP contribution in [0.4, 0.5) is 0 Å². The van der Waals surface area contributed by atoms with Crippen molar-refractivity contribution in [1.29, 1.82) is 0 Å². The van der Waals surface area contributed by atoms with Crippen LogP contribution in [-0.4, -0.2) is 35.3 Å². The van der Waals surface area contributed by atoms with Gasteiger partial charge in [0, 0.05) is 6.54 Å². The number of carbonyl (C=O) groups excluding carboxylic acids is 2. The van der Waals surface area contributed by atoms with E-state index in [1.165, 1.54) is 6.42 Å². The fourth-order valence-corrected chi connectivity index (χ4v) is 3.04. The Morgan fingerprint density at radius 2 is 1.95 bits per heavy atom. The average molecular weight is 280 g/mol. The molecule has 20 heavy (non-hydrogen) atoms. The van der Waals surface area contributed by atoms with E-state index in [2.05, 4.69) is 19.2 Å². The molecule has 2 rings (SSSR count). The monoisotopic (exact) mass is 280 g/mol. The van der Waals surface area contributed by atoms with Crippen LogP contribution >= 0.6 is 0 Å². The molecule has 2 atom stereocenters. The topological polar surface area (TPSA) is 49.4 Å². The van der Waals surface area contributed by atoms with Crippen LogP contribution in [0.5, 0.6) is 0 Å². The first kappa shape index (κ1) is 15.3. The number of amides is 2. The summed E-state index contributed by atoms with van der Waals surface area (Å²) in [4.78, 5) is 26.6. The van der Waals surface area contributed by atoms with Crippen molar-refractivity contribution in [2.24, 2.45) is 11.8 Å². The van der Waals surface area contributed by atoms with E-state index in [0.29, 0.717) is 18.3 Å². The Bertz CT molecular complexity index is 363. The van der Waals surface area contributed by atoms with E-state index in [4.69, 9.17) is 0 Å². The highest BCUT2D eigenvalue weighted by molar-refractivity contribution is 5.97. The first-order valence-corrected chi connectivity index (χ1v) is 8.15. The molecule has 0 aromatic heterocycles. The molecule has 1 N–H and O–H groups in total. The van der Waals surface area contributed by atoms with Gasteiger partial charge in [0.2, 0.25) is 11.8 Å². The van der Waals surface area contributed by atoms with Crippen molar-refractivity contribution in [3.05, 3.63) is 0 Å². The number of nitrogens with one attached hydrogen (secondary N) is 1. The number of hydrogen-bond donors (Lipinski definition) is 1. The van der Waals surface area contributed by atoms with Crippen molar-refractivity contribution in [3.8, 4) is 0 Å². The van der Waals surface area contributed by atoms with Crippen LogP contribution in [0.3, 0.4) is 0 Å². The Balaban J connectivity index is 1.93. The van der Waals surface area contributed by atoms with Crippen LogP contribution in [0.25, 0.3) is 0 Å². The SMILES string of the molecule is CCC1C(=O)NC(C2CC2)C(=O)N1CCCCC(C)C. The van der Waals surface area contributed by atoms with E-state index in [-0.39, 0.29) is 23.9 Å². The highest BCUT2D eigenvalue weighted by Crippen LogP contribution is 2.35. The molecule has 2 fully saturated rings. The van der Waals surface area contributed by atoms with E-state index in [1.807, 2.05) is 11.8 Å². The van der Waals surface area contributed by atoms with Crippen molar-refractivity contribution >= 4 is 11.8 Å². The van der Waals surface area contributed by atoms with Crippen LogP contribution in [0.2, 0.25) is 0 Å².